The lowest BCUT2D eigenvalue weighted by Gasteiger charge is -2.52. The van der Waals surface area contributed by atoms with Gasteiger partial charge in [-0.1, -0.05) is 0 Å². The first-order valence-corrected chi connectivity index (χ1v) is 32.7. The third-order valence-corrected chi connectivity index (χ3v) is 19.3. The van der Waals surface area contributed by atoms with Gasteiger partial charge >= 0.3 is 0 Å². The molecule has 21 saturated heterocycles. The monoisotopic (exact) mass is 1430 g/mol. The third kappa shape index (κ3) is 17.8. The van der Waals surface area contributed by atoms with Crippen molar-refractivity contribution < 1.29 is 166 Å². The van der Waals surface area contributed by atoms with Gasteiger partial charge in [0.25, 0.3) is 0 Å². The van der Waals surface area contributed by atoms with E-state index in [4.69, 9.17) is 166 Å². The van der Waals surface area contributed by atoms with Gasteiger partial charge in [-0.3, -0.25) is 0 Å². The highest BCUT2D eigenvalue weighted by atomic mass is 16.8. The van der Waals surface area contributed by atoms with Crippen molar-refractivity contribution >= 4 is 0 Å². The number of ether oxygens (including phenoxy) is 35. The van der Waals surface area contributed by atoms with Gasteiger partial charge in [-0.2, -0.15) is 0 Å². The van der Waals surface area contributed by atoms with Crippen LogP contribution in [0.4, 0.5) is 0 Å². The summed E-state index contributed by atoms with van der Waals surface area (Å²) in [5.74, 6) is 0. The Hall–Kier alpha value is -1.40. The number of hydrogen-bond acceptors (Lipinski definition) is 35. The summed E-state index contributed by atoms with van der Waals surface area (Å²) in [6.45, 7) is -0.267. The Bertz CT molecular complexity index is 1800. The summed E-state index contributed by atoms with van der Waals surface area (Å²) >= 11 is 0. The summed E-state index contributed by atoms with van der Waals surface area (Å²) in [5.41, 5.74) is 0. The van der Waals surface area contributed by atoms with E-state index >= 15 is 0 Å². The van der Waals surface area contributed by atoms with Crippen molar-refractivity contribution in [1.29, 1.82) is 0 Å². The van der Waals surface area contributed by atoms with Crippen LogP contribution in [0.3, 0.4) is 0 Å². The second-order valence-corrected chi connectivity index (χ2v) is 24.5. The molecular weight excluding hydrogens is 1320 g/mol. The van der Waals surface area contributed by atoms with Gasteiger partial charge < -0.3 is 166 Å². The van der Waals surface area contributed by atoms with Crippen molar-refractivity contribution in [1.82, 2.24) is 0 Å². The molecule has 0 N–H and O–H groups in total. The molecule has 0 aromatic heterocycles. The molecule has 21 aliphatic rings. The molecule has 0 amide bonds. The van der Waals surface area contributed by atoms with Crippen LogP contribution in [0.2, 0.25) is 0 Å². The molecule has 0 radical (unpaired) electrons. The van der Waals surface area contributed by atoms with E-state index in [1.54, 1.807) is 0 Å². The molecule has 21 heterocycles. The van der Waals surface area contributed by atoms with E-state index in [-0.39, 0.29) is 46.2 Å². The van der Waals surface area contributed by atoms with Crippen molar-refractivity contribution in [2.75, 3.05) is 196 Å². The molecule has 0 unspecified atom stereocenters. The van der Waals surface area contributed by atoms with Gasteiger partial charge in [-0.15, -0.1) is 0 Å². The van der Waals surface area contributed by atoms with E-state index in [0.717, 1.165) is 0 Å². The van der Waals surface area contributed by atoms with Crippen LogP contribution in [-0.2, 0) is 166 Å². The Morgan fingerprint density at radius 2 is 0.245 bits per heavy atom. The zero-order chi connectivity index (χ0) is 70.9. The second-order valence-electron chi connectivity index (χ2n) is 24.5. The van der Waals surface area contributed by atoms with Crippen molar-refractivity contribution in [2.24, 2.45) is 0 Å². The molecule has 0 saturated carbocycles. The first kappa shape index (κ1) is 82.3. The summed E-state index contributed by atoms with van der Waals surface area (Å²) in [6.07, 6.45) is -35.9. The maximum absolute atomic E-state index is 7.03. The lowest BCUT2D eigenvalue weighted by atomic mass is 9.94. The van der Waals surface area contributed by atoms with Crippen molar-refractivity contribution in [2.45, 2.75) is 215 Å². The minimum Gasteiger partial charge on any atom is -0.382 e. The topological polar surface area (TPSA) is 323 Å². The predicted molar refractivity (Wildman–Crippen MR) is 329 cm³/mol. The average Bonchev–Trinajstić information content (AvgIpc) is 0.775. The molecule has 35 heteroatoms. The average molecular weight is 1430 g/mol. The standard InChI is InChI=1S/C63H112O35/c1-64-22-29-36-43(71-8)50(78-15)57(85-29)93-37-30(23-65-2)87-59(52(80-17)44(37)72-9)95-39-32(25-67-4)89-61(54(82-19)46(39)74-11)97-41-34(27-69-6)91-63(56(84-21)48(41)76-13)98-42-35(28-70-7)90-62(55(83-20)49(42)77-14)96-40-33(26-68-5)88-60(53(81-18)47(40)75-12)94-38-31(24-66-3)86-58(92-36)51(79-16)45(38)73-10/h29-63H,22-28H2,1-21H3/t29-,30-,31-,32-,33+,34+,35+,36+,37+,38+,39+,40+,41+,42+,43-,44-,45-,46-,47-,48+,49-,50+,51+,52+,53+,54+,55-,56-,57+,58+,59+,60+,61+,62+,63+/m0/s1. The van der Waals surface area contributed by atoms with Crippen LogP contribution in [0.15, 0.2) is 0 Å². The van der Waals surface area contributed by atoms with Crippen molar-refractivity contribution in [3.8, 4) is 0 Å². The van der Waals surface area contributed by atoms with E-state index in [0.29, 0.717) is 0 Å². The van der Waals surface area contributed by atoms with E-state index in [2.05, 4.69) is 0 Å². The SMILES string of the molecule is COC[C@@H]1O[C@@H]2O[C@H]3[C@H](OC)[C@@H](OC)[C@@H](O[C@H]4[C@@H](OC)[C@H](OC)[C@@H](O[C@H]5[C@H](OC)[C@H](OC)[C@@H](O[C@H]6[C@H](OC)[C@@H](OC)[C@@H](O[C@H]7[C@H](OC)[C@@H](OC)[C@@H](O[C@H]8[C@H](OC)[C@@H](OC)[C@@H](O[C@H]1[C@H](OC)[C@H]2OC)O[C@H]8COC)O[C@H]7COC)O[C@@H]6COC)O[C@@H]5COC)O[C@@H]4COC)O[C@H]3COC. The van der Waals surface area contributed by atoms with Crippen LogP contribution in [0.1, 0.15) is 0 Å². The minimum absolute atomic E-state index is 0.0381. The predicted octanol–water partition coefficient (Wildman–Crippen LogP) is -1.49. The normalized spacial score (nSPS) is 46.1. The highest BCUT2D eigenvalue weighted by molar-refractivity contribution is 5.04. The van der Waals surface area contributed by atoms with Gasteiger partial charge in [0.2, 0.25) is 0 Å². The molecule has 21 fully saturated rings. The van der Waals surface area contributed by atoms with Gasteiger partial charge in [0.1, 0.15) is 171 Å². The third-order valence-electron chi connectivity index (χ3n) is 19.3. The summed E-state index contributed by atoms with van der Waals surface area (Å²) < 4.78 is 226. The fraction of sp³-hybridized carbons (Fsp3) is 1.00. The maximum Gasteiger partial charge on any atom is 0.187 e. The fourth-order valence-electron chi connectivity index (χ4n) is 14.9. The van der Waals surface area contributed by atoms with Crippen molar-refractivity contribution in [3.63, 3.8) is 0 Å². The van der Waals surface area contributed by atoms with Gasteiger partial charge in [0.05, 0.1) is 46.2 Å². The quantitative estimate of drug-likeness (QED) is 0.0861. The highest BCUT2D eigenvalue weighted by Gasteiger charge is 2.62. The maximum atomic E-state index is 7.03. The summed E-state index contributed by atoms with van der Waals surface area (Å²) in [6, 6.07) is 0. The molecule has 21 rings (SSSR count). The molecule has 35 nitrogen and oxygen atoms in total. The molecular formula is C63H112O35. The first-order chi connectivity index (χ1) is 47.7. The Labute approximate surface area is 574 Å². The van der Waals surface area contributed by atoms with Crippen molar-refractivity contribution in [3.05, 3.63) is 0 Å². The zero-order valence-corrected chi connectivity index (χ0v) is 60.4. The van der Waals surface area contributed by atoms with Gasteiger partial charge in [0, 0.05) is 149 Å². The zero-order valence-electron chi connectivity index (χ0n) is 60.4. The molecule has 35 atom stereocenters. The van der Waals surface area contributed by atoms with Crippen LogP contribution >= 0.6 is 0 Å². The Kier molecular flexibility index (Phi) is 33.9. The summed E-state index contributed by atoms with van der Waals surface area (Å²) in [4.78, 5) is 0. The Morgan fingerprint density at radius 1 is 0.143 bits per heavy atom. The second kappa shape index (κ2) is 40.4. The molecule has 0 spiro atoms. The van der Waals surface area contributed by atoms with E-state index in [1.807, 2.05) is 0 Å². The molecule has 98 heavy (non-hydrogen) atoms. The van der Waals surface area contributed by atoms with E-state index < -0.39 is 215 Å². The van der Waals surface area contributed by atoms with Gasteiger partial charge in [-0.25, -0.2) is 0 Å². The van der Waals surface area contributed by atoms with Crippen LogP contribution in [0.25, 0.3) is 0 Å². The van der Waals surface area contributed by atoms with Crippen LogP contribution in [0, 0.1) is 0 Å². The Balaban J connectivity index is 1.23. The summed E-state index contributed by atoms with van der Waals surface area (Å²) in [7, 11) is 31.7. The van der Waals surface area contributed by atoms with Gasteiger partial charge in [0.15, 0.2) is 44.0 Å². The van der Waals surface area contributed by atoms with Gasteiger partial charge in [-0.05, 0) is 0 Å². The molecule has 21 aliphatic heterocycles. The Morgan fingerprint density at radius 3 is 0.327 bits per heavy atom. The molecule has 0 aliphatic carbocycles. The number of rotatable bonds is 28. The highest BCUT2D eigenvalue weighted by Crippen LogP contribution is 2.43. The fourth-order valence-corrected chi connectivity index (χ4v) is 14.9. The van der Waals surface area contributed by atoms with Crippen LogP contribution < -0.4 is 0 Å². The largest absolute Gasteiger partial charge is 0.382 e. The molecule has 14 bridgehead atoms. The molecule has 0 aromatic carbocycles. The number of hydrogen-bond donors (Lipinski definition) is 0. The number of methoxy groups -OCH3 is 21. The van der Waals surface area contributed by atoms with Crippen LogP contribution in [-0.4, -0.2) is 410 Å². The minimum atomic E-state index is -1.22. The van der Waals surface area contributed by atoms with E-state index in [1.165, 1.54) is 149 Å². The molecule has 0 aromatic rings. The lowest BCUT2D eigenvalue weighted by Crippen LogP contribution is -2.69. The first-order valence-electron chi connectivity index (χ1n) is 32.7. The van der Waals surface area contributed by atoms with Crippen LogP contribution in [0.5, 0.6) is 0 Å². The summed E-state index contributed by atoms with van der Waals surface area (Å²) in [5, 5.41) is 0. The molecule has 574 valence electrons. The lowest BCUT2D eigenvalue weighted by molar-refractivity contribution is -0.402. The van der Waals surface area contributed by atoms with E-state index in [9.17, 15) is 0 Å². The smallest absolute Gasteiger partial charge is 0.187 e.